The van der Waals surface area contributed by atoms with Crippen LogP contribution < -0.4 is 4.90 Å². The lowest BCUT2D eigenvalue weighted by atomic mass is 9.97. The number of esters is 1. The van der Waals surface area contributed by atoms with Crippen LogP contribution in [0, 0.1) is 0 Å². The van der Waals surface area contributed by atoms with Crippen LogP contribution in [0.2, 0.25) is 0 Å². The molecule has 1 fully saturated rings. The first kappa shape index (κ1) is 19.5. The molecule has 1 aromatic carbocycles. The number of aromatic nitrogens is 3. The molecule has 2 aliphatic rings. The zero-order chi connectivity index (χ0) is 21.4. The normalized spacial score (nSPS) is 16.3. The van der Waals surface area contributed by atoms with E-state index in [1.807, 2.05) is 10.7 Å². The highest BCUT2D eigenvalue weighted by Gasteiger charge is 2.28. The molecule has 0 radical (unpaired) electrons. The summed E-state index contributed by atoms with van der Waals surface area (Å²) in [5.74, 6) is 0.303. The predicted octanol–water partition coefficient (Wildman–Crippen LogP) is 2.36. The number of hydrogen-bond donors (Lipinski definition) is 0. The summed E-state index contributed by atoms with van der Waals surface area (Å²) in [4.78, 5) is 33.9. The average molecular weight is 419 g/mol. The van der Waals surface area contributed by atoms with Crippen LogP contribution in [0.15, 0.2) is 36.7 Å². The van der Waals surface area contributed by atoms with Gasteiger partial charge in [0.1, 0.15) is 5.52 Å². The summed E-state index contributed by atoms with van der Waals surface area (Å²) in [7, 11) is 1.32. The van der Waals surface area contributed by atoms with Crippen molar-refractivity contribution in [3.63, 3.8) is 0 Å². The van der Waals surface area contributed by atoms with Gasteiger partial charge in [0, 0.05) is 44.1 Å². The van der Waals surface area contributed by atoms with E-state index in [-0.39, 0.29) is 5.91 Å². The number of anilines is 1. The summed E-state index contributed by atoms with van der Waals surface area (Å²) in [5.41, 5.74) is 4.30. The molecule has 0 bridgehead atoms. The van der Waals surface area contributed by atoms with Gasteiger partial charge in [-0.15, -0.1) is 0 Å². The Morgan fingerprint density at radius 1 is 1.00 bits per heavy atom. The van der Waals surface area contributed by atoms with Crippen molar-refractivity contribution in [3.05, 3.63) is 59.0 Å². The Balaban J connectivity index is 1.37. The van der Waals surface area contributed by atoms with Crippen LogP contribution in [0.4, 0.5) is 5.82 Å². The number of hydrogen-bond acceptors (Lipinski definition) is 6. The topological polar surface area (TPSA) is 80.0 Å². The summed E-state index contributed by atoms with van der Waals surface area (Å²) < 4.78 is 6.79. The van der Waals surface area contributed by atoms with Crippen LogP contribution in [-0.4, -0.2) is 64.7 Å². The van der Waals surface area contributed by atoms with E-state index in [1.54, 1.807) is 35.4 Å². The number of nitrogens with zero attached hydrogens (tertiary/aromatic N) is 5. The fourth-order valence-electron chi connectivity index (χ4n) is 4.63. The minimum Gasteiger partial charge on any atom is -0.465 e. The largest absolute Gasteiger partial charge is 0.465 e. The summed E-state index contributed by atoms with van der Waals surface area (Å²) >= 11 is 0. The molecule has 5 rings (SSSR count). The van der Waals surface area contributed by atoms with E-state index in [1.165, 1.54) is 31.2 Å². The van der Waals surface area contributed by atoms with E-state index >= 15 is 0 Å². The predicted molar refractivity (Wildman–Crippen MR) is 116 cm³/mol. The first-order chi connectivity index (χ1) is 15.2. The zero-order valence-electron chi connectivity index (χ0n) is 17.6. The van der Waals surface area contributed by atoms with Gasteiger partial charge in [0.15, 0.2) is 5.82 Å². The quantitative estimate of drug-likeness (QED) is 0.607. The number of ether oxygens (including phenoxy) is 1. The molecular weight excluding hydrogens is 394 g/mol. The van der Waals surface area contributed by atoms with Crippen molar-refractivity contribution in [2.75, 3.05) is 38.2 Å². The van der Waals surface area contributed by atoms with Crippen LogP contribution in [0.25, 0.3) is 5.52 Å². The third kappa shape index (κ3) is 3.41. The lowest BCUT2D eigenvalue weighted by Gasteiger charge is -2.36. The molecule has 8 nitrogen and oxygen atoms in total. The molecular formula is C23H25N5O3. The number of piperazine rings is 1. The number of aryl methyl sites for hydroxylation is 2. The van der Waals surface area contributed by atoms with Gasteiger partial charge in [-0.2, -0.15) is 5.10 Å². The Morgan fingerprint density at radius 3 is 2.52 bits per heavy atom. The van der Waals surface area contributed by atoms with E-state index in [2.05, 4.69) is 9.88 Å². The van der Waals surface area contributed by atoms with E-state index in [4.69, 9.17) is 9.84 Å². The first-order valence-corrected chi connectivity index (χ1v) is 10.7. The SMILES string of the molecule is COC(=O)c1ccccc1C(=O)N1CCN(c2nccn3nc4c(c23)CCCC4)CC1. The molecule has 0 N–H and O–H groups in total. The Morgan fingerprint density at radius 2 is 1.74 bits per heavy atom. The molecule has 1 aliphatic heterocycles. The van der Waals surface area contributed by atoms with Crippen molar-refractivity contribution in [3.8, 4) is 0 Å². The molecule has 0 saturated carbocycles. The van der Waals surface area contributed by atoms with Crippen molar-refractivity contribution in [1.29, 1.82) is 0 Å². The molecule has 3 heterocycles. The maximum Gasteiger partial charge on any atom is 0.338 e. The molecule has 0 unspecified atom stereocenters. The molecule has 8 heteroatoms. The Kier molecular flexibility index (Phi) is 5.05. The Labute approximate surface area is 180 Å². The van der Waals surface area contributed by atoms with Crippen molar-refractivity contribution >= 4 is 23.2 Å². The minimum atomic E-state index is -0.496. The standard InChI is InChI=1S/C23H25N5O3/c1-31-23(30)17-7-3-2-6-16(17)22(29)27-14-12-26(13-15-27)21-20-18-8-4-5-9-19(18)25-28(20)11-10-24-21/h2-3,6-7,10-11H,4-5,8-9,12-15H2,1H3. The minimum absolute atomic E-state index is 0.145. The van der Waals surface area contributed by atoms with Gasteiger partial charge in [-0.1, -0.05) is 12.1 Å². The number of methoxy groups -OCH3 is 1. The fraction of sp³-hybridized carbons (Fsp3) is 0.391. The van der Waals surface area contributed by atoms with Gasteiger partial charge >= 0.3 is 5.97 Å². The second-order valence-electron chi connectivity index (χ2n) is 7.99. The molecule has 0 spiro atoms. The maximum atomic E-state index is 13.1. The van der Waals surface area contributed by atoms with E-state index in [9.17, 15) is 9.59 Å². The van der Waals surface area contributed by atoms with Gasteiger partial charge in [0.2, 0.25) is 0 Å². The van der Waals surface area contributed by atoms with Gasteiger partial charge in [-0.25, -0.2) is 14.3 Å². The zero-order valence-corrected chi connectivity index (χ0v) is 17.6. The monoisotopic (exact) mass is 419 g/mol. The highest BCUT2D eigenvalue weighted by molar-refractivity contribution is 6.05. The van der Waals surface area contributed by atoms with Crippen molar-refractivity contribution < 1.29 is 14.3 Å². The van der Waals surface area contributed by atoms with Gasteiger partial charge in [-0.3, -0.25) is 4.79 Å². The number of rotatable bonds is 3. The van der Waals surface area contributed by atoms with Crippen molar-refractivity contribution in [2.24, 2.45) is 0 Å². The van der Waals surface area contributed by atoms with Crippen LogP contribution in [0.1, 0.15) is 44.8 Å². The summed E-state index contributed by atoms with van der Waals surface area (Å²) in [5, 5.41) is 4.77. The molecule has 1 amide bonds. The number of benzene rings is 1. The average Bonchev–Trinajstić information content (AvgIpc) is 3.22. The fourth-order valence-corrected chi connectivity index (χ4v) is 4.63. The van der Waals surface area contributed by atoms with Crippen LogP contribution in [-0.2, 0) is 17.6 Å². The molecule has 0 atom stereocenters. The Bertz CT molecular complexity index is 1150. The highest BCUT2D eigenvalue weighted by atomic mass is 16.5. The third-order valence-corrected chi connectivity index (χ3v) is 6.23. The molecule has 160 valence electrons. The highest BCUT2D eigenvalue weighted by Crippen LogP contribution is 2.30. The lowest BCUT2D eigenvalue weighted by molar-refractivity contribution is 0.0589. The summed E-state index contributed by atoms with van der Waals surface area (Å²) in [6.45, 7) is 2.48. The van der Waals surface area contributed by atoms with Crippen molar-refractivity contribution in [2.45, 2.75) is 25.7 Å². The van der Waals surface area contributed by atoms with E-state index in [0.717, 1.165) is 24.2 Å². The molecule has 1 saturated heterocycles. The lowest BCUT2D eigenvalue weighted by Crippen LogP contribution is -2.49. The van der Waals surface area contributed by atoms with Gasteiger partial charge in [-0.05, 0) is 37.8 Å². The Hall–Kier alpha value is -3.42. The summed E-state index contributed by atoms with van der Waals surface area (Å²) in [6, 6.07) is 6.81. The molecule has 31 heavy (non-hydrogen) atoms. The summed E-state index contributed by atoms with van der Waals surface area (Å²) in [6.07, 6.45) is 8.16. The van der Waals surface area contributed by atoms with E-state index in [0.29, 0.717) is 37.3 Å². The third-order valence-electron chi connectivity index (χ3n) is 6.23. The van der Waals surface area contributed by atoms with Crippen molar-refractivity contribution in [1.82, 2.24) is 19.5 Å². The second kappa shape index (κ2) is 8.02. The van der Waals surface area contributed by atoms with Gasteiger partial charge < -0.3 is 14.5 Å². The van der Waals surface area contributed by atoms with Gasteiger partial charge in [0.25, 0.3) is 5.91 Å². The second-order valence-corrected chi connectivity index (χ2v) is 7.99. The first-order valence-electron chi connectivity index (χ1n) is 10.7. The van der Waals surface area contributed by atoms with Crippen LogP contribution in [0.5, 0.6) is 0 Å². The number of carbonyl (C=O) groups excluding carboxylic acids is 2. The van der Waals surface area contributed by atoms with E-state index < -0.39 is 5.97 Å². The number of fused-ring (bicyclic) bond motifs is 3. The molecule has 3 aromatic rings. The number of amides is 1. The number of carbonyl (C=O) groups is 2. The van der Waals surface area contributed by atoms with Gasteiger partial charge in [0.05, 0.1) is 23.9 Å². The van der Waals surface area contributed by atoms with Crippen LogP contribution in [0.3, 0.4) is 0 Å². The molecule has 2 aromatic heterocycles. The molecule has 1 aliphatic carbocycles. The smallest absolute Gasteiger partial charge is 0.338 e. The maximum absolute atomic E-state index is 13.1. The van der Waals surface area contributed by atoms with Crippen LogP contribution >= 0.6 is 0 Å².